The van der Waals surface area contributed by atoms with Crippen molar-refractivity contribution in [3.8, 4) is 0 Å². The first-order valence-corrected chi connectivity index (χ1v) is 6.59. The molecule has 1 aromatic rings. The summed E-state index contributed by atoms with van der Waals surface area (Å²) in [5, 5.41) is 0. The zero-order chi connectivity index (χ0) is 12.3. The molecular weight excluding hydrogens is 230 g/mol. The molecule has 0 radical (unpaired) electrons. The van der Waals surface area contributed by atoms with Crippen molar-refractivity contribution in [2.45, 2.75) is 38.1 Å². The summed E-state index contributed by atoms with van der Waals surface area (Å²) >= 11 is 4.96. The van der Waals surface area contributed by atoms with Crippen LogP contribution in [0.3, 0.4) is 0 Å². The number of pyridine rings is 1. The average molecular weight is 249 g/mol. The van der Waals surface area contributed by atoms with E-state index in [4.69, 9.17) is 18.0 Å². The maximum absolute atomic E-state index is 5.61. The van der Waals surface area contributed by atoms with Crippen LogP contribution in [0.15, 0.2) is 18.2 Å². The van der Waals surface area contributed by atoms with Gasteiger partial charge in [-0.25, -0.2) is 4.98 Å². The number of thiocarbonyl (C=S) groups is 1. The lowest BCUT2D eigenvalue weighted by atomic mass is 9.94. The SMILES string of the molecule is CN(c1cccc(C(N)=S)n1)C1CCCCC1. The molecule has 0 amide bonds. The fourth-order valence-corrected chi connectivity index (χ4v) is 2.53. The van der Waals surface area contributed by atoms with Crippen LogP contribution in [0.4, 0.5) is 5.82 Å². The molecule has 4 heteroatoms. The molecule has 17 heavy (non-hydrogen) atoms. The maximum Gasteiger partial charge on any atom is 0.129 e. The number of nitrogens with two attached hydrogens (primary N) is 1. The standard InChI is InChI=1S/C13H19N3S/c1-16(10-6-3-2-4-7-10)12-9-5-8-11(15-12)13(14)17/h5,8-10H,2-4,6-7H2,1H3,(H2,14,17). The minimum atomic E-state index is 0.365. The van der Waals surface area contributed by atoms with Gasteiger partial charge in [-0.1, -0.05) is 37.5 Å². The van der Waals surface area contributed by atoms with E-state index in [-0.39, 0.29) is 0 Å². The molecule has 0 saturated heterocycles. The zero-order valence-corrected chi connectivity index (χ0v) is 11.0. The summed E-state index contributed by atoms with van der Waals surface area (Å²) in [5.74, 6) is 0.974. The Morgan fingerprint density at radius 2 is 2.06 bits per heavy atom. The Morgan fingerprint density at radius 3 is 2.71 bits per heavy atom. The minimum absolute atomic E-state index is 0.365. The fourth-order valence-electron chi connectivity index (χ4n) is 2.41. The molecule has 0 aromatic carbocycles. The number of nitrogens with zero attached hydrogens (tertiary/aromatic N) is 2. The van der Waals surface area contributed by atoms with Crippen molar-refractivity contribution in [2.24, 2.45) is 5.73 Å². The molecule has 2 rings (SSSR count). The lowest BCUT2D eigenvalue weighted by molar-refractivity contribution is 0.426. The number of hydrogen-bond acceptors (Lipinski definition) is 3. The number of hydrogen-bond donors (Lipinski definition) is 1. The summed E-state index contributed by atoms with van der Waals surface area (Å²) in [6.07, 6.45) is 6.53. The van der Waals surface area contributed by atoms with Crippen molar-refractivity contribution in [1.29, 1.82) is 0 Å². The van der Waals surface area contributed by atoms with E-state index in [2.05, 4.69) is 16.9 Å². The monoisotopic (exact) mass is 249 g/mol. The van der Waals surface area contributed by atoms with Gasteiger partial charge in [-0.15, -0.1) is 0 Å². The highest BCUT2D eigenvalue weighted by atomic mass is 32.1. The van der Waals surface area contributed by atoms with Gasteiger partial charge < -0.3 is 10.6 Å². The summed E-state index contributed by atoms with van der Waals surface area (Å²) in [5.41, 5.74) is 6.32. The Bertz CT molecular complexity index is 399. The van der Waals surface area contributed by atoms with Crippen LogP contribution in [0, 0.1) is 0 Å². The Morgan fingerprint density at radius 1 is 1.35 bits per heavy atom. The second-order valence-electron chi connectivity index (χ2n) is 4.65. The zero-order valence-electron chi connectivity index (χ0n) is 10.2. The third-order valence-electron chi connectivity index (χ3n) is 3.47. The molecule has 3 nitrogen and oxygen atoms in total. The summed E-state index contributed by atoms with van der Waals surface area (Å²) in [4.78, 5) is 7.14. The summed E-state index contributed by atoms with van der Waals surface area (Å²) in [6, 6.07) is 6.46. The van der Waals surface area contributed by atoms with Gasteiger partial charge in [0.1, 0.15) is 10.8 Å². The molecule has 2 N–H and O–H groups in total. The van der Waals surface area contributed by atoms with E-state index in [1.54, 1.807) is 0 Å². The molecule has 0 unspecified atom stereocenters. The van der Waals surface area contributed by atoms with Crippen LogP contribution >= 0.6 is 12.2 Å². The Hall–Kier alpha value is -1.16. The number of aromatic nitrogens is 1. The van der Waals surface area contributed by atoms with Crippen LogP contribution in [0.5, 0.6) is 0 Å². The van der Waals surface area contributed by atoms with Crippen LogP contribution in [0.2, 0.25) is 0 Å². The molecule has 92 valence electrons. The van der Waals surface area contributed by atoms with E-state index in [1.807, 2.05) is 18.2 Å². The van der Waals surface area contributed by atoms with Crippen molar-refractivity contribution >= 4 is 23.0 Å². The molecule has 0 atom stereocenters. The van der Waals surface area contributed by atoms with E-state index >= 15 is 0 Å². The second kappa shape index (κ2) is 5.45. The highest BCUT2D eigenvalue weighted by Crippen LogP contribution is 2.24. The predicted molar refractivity (Wildman–Crippen MR) is 75.4 cm³/mol. The average Bonchev–Trinajstić information content (AvgIpc) is 2.39. The van der Waals surface area contributed by atoms with E-state index in [0.717, 1.165) is 5.82 Å². The Labute approximate surface area is 108 Å². The normalized spacial score (nSPS) is 16.8. The first-order valence-electron chi connectivity index (χ1n) is 6.18. The van der Waals surface area contributed by atoms with E-state index in [0.29, 0.717) is 16.7 Å². The number of rotatable bonds is 3. The molecule has 1 aliphatic carbocycles. The van der Waals surface area contributed by atoms with Gasteiger partial charge in [-0.3, -0.25) is 0 Å². The second-order valence-corrected chi connectivity index (χ2v) is 5.09. The molecule has 0 spiro atoms. The molecule has 1 heterocycles. The lowest BCUT2D eigenvalue weighted by Crippen LogP contribution is -2.34. The minimum Gasteiger partial charge on any atom is -0.388 e. The highest BCUT2D eigenvalue weighted by Gasteiger charge is 2.19. The van der Waals surface area contributed by atoms with Gasteiger partial charge in [0.2, 0.25) is 0 Å². The van der Waals surface area contributed by atoms with Crippen molar-refractivity contribution < 1.29 is 0 Å². The largest absolute Gasteiger partial charge is 0.388 e. The van der Waals surface area contributed by atoms with Crippen molar-refractivity contribution in [1.82, 2.24) is 4.98 Å². The van der Waals surface area contributed by atoms with Crippen molar-refractivity contribution in [3.63, 3.8) is 0 Å². The van der Waals surface area contributed by atoms with Crippen LogP contribution < -0.4 is 10.6 Å². The molecule has 1 saturated carbocycles. The molecule has 1 aromatic heterocycles. The smallest absolute Gasteiger partial charge is 0.129 e. The van der Waals surface area contributed by atoms with Gasteiger partial charge in [0.25, 0.3) is 0 Å². The maximum atomic E-state index is 5.61. The van der Waals surface area contributed by atoms with E-state index in [9.17, 15) is 0 Å². The van der Waals surface area contributed by atoms with Gasteiger partial charge in [-0.05, 0) is 25.0 Å². The Balaban J connectivity index is 2.14. The van der Waals surface area contributed by atoms with Crippen LogP contribution in [0.1, 0.15) is 37.8 Å². The van der Waals surface area contributed by atoms with Crippen molar-refractivity contribution in [3.05, 3.63) is 23.9 Å². The van der Waals surface area contributed by atoms with Gasteiger partial charge in [-0.2, -0.15) is 0 Å². The van der Waals surface area contributed by atoms with E-state index in [1.165, 1.54) is 32.1 Å². The third-order valence-corrected chi connectivity index (χ3v) is 3.68. The predicted octanol–water partition coefficient (Wildman–Crippen LogP) is 2.48. The van der Waals surface area contributed by atoms with E-state index < -0.39 is 0 Å². The third kappa shape index (κ3) is 2.94. The molecule has 1 aliphatic rings. The van der Waals surface area contributed by atoms with Gasteiger partial charge in [0.05, 0.1) is 5.69 Å². The van der Waals surface area contributed by atoms with Gasteiger partial charge in [0, 0.05) is 13.1 Å². The molecular formula is C13H19N3S. The lowest BCUT2D eigenvalue weighted by Gasteiger charge is -2.32. The van der Waals surface area contributed by atoms with Crippen LogP contribution in [0.25, 0.3) is 0 Å². The summed E-state index contributed by atoms with van der Waals surface area (Å²) in [7, 11) is 2.11. The molecule has 1 fully saturated rings. The number of anilines is 1. The quantitative estimate of drug-likeness (QED) is 0.836. The first kappa shape index (κ1) is 12.3. The summed E-state index contributed by atoms with van der Waals surface area (Å²) < 4.78 is 0. The molecule has 0 aliphatic heterocycles. The molecule has 0 bridgehead atoms. The van der Waals surface area contributed by atoms with Crippen molar-refractivity contribution in [2.75, 3.05) is 11.9 Å². The summed E-state index contributed by atoms with van der Waals surface area (Å²) in [6.45, 7) is 0. The van der Waals surface area contributed by atoms with Gasteiger partial charge >= 0.3 is 0 Å². The first-order chi connectivity index (χ1) is 8.18. The van der Waals surface area contributed by atoms with Crippen LogP contribution in [-0.4, -0.2) is 23.1 Å². The topological polar surface area (TPSA) is 42.1 Å². The van der Waals surface area contributed by atoms with Gasteiger partial charge in [0.15, 0.2) is 0 Å². The van der Waals surface area contributed by atoms with Crippen LogP contribution in [-0.2, 0) is 0 Å². The fraction of sp³-hybridized carbons (Fsp3) is 0.538. The Kier molecular flexibility index (Phi) is 3.94. The highest BCUT2D eigenvalue weighted by molar-refractivity contribution is 7.80.